The van der Waals surface area contributed by atoms with Crippen molar-refractivity contribution in [3.8, 4) is 16.9 Å². The number of nitrogens with zero attached hydrogens (tertiary/aromatic N) is 1. The van der Waals surface area contributed by atoms with Crippen molar-refractivity contribution in [2.24, 2.45) is 0 Å². The lowest BCUT2D eigenvalue weighted by atomic mass is 9.95. The van der Waals surface area contributed by atoms with Gasteiger partial charge in [0.2, 0.25) is 0 Å². The molecule has 0 unspecified atom stereocenters. The minimum absolute atomic E-state index is 0.00604. The Morgan fingerprint density at radius 2 is 1.52 bits per heavy atom. The summed E-state index contributed by atoms with van der Waals surface area (Å²) in [6.07, 6.45) is 2.68. The number of ether oxygens (including phenoxy) is 1. The molecular formula is C26H23NO2. The quantitative estimate of drug-likeness (QED) is 0.462. The van der Waals surface area contributed by atoms with Crippen LogP contribution in [0.2, 0.25) is 0 Å². The Morgan fingerprint density at radius 3 is 2.24 bits per heavy atom. The molecule has 29 heavy (non-hydrogen) atoms. The summed E-state index contributed by atoms with van der Waals surface area (Å²) >= 11 is 0. The van der Waals surface area contributed by atoms with Crippen LogP contribution >= 0.6 is 0 Å². The lowest BCUT2D eigenvalue weighted by Crippen LogP contribution is -2.19. The largest absolute Gasteiger partial charge is 0.497 e. The fourth-order valence-electron chi connectivity index (χ4n) is 3.55. The first kappa shape index (κ1) is 18.8. The van der Waals surface area contributed by atoms with Gasteiger partial charge in [0, 0.05) is 12.3 Å². The van der Waals surface area contributed by atoms with Crippen molar-refractivity contribution in [1.82, 2.24) is 4.57 Å². The second-order valence-corrected chi connectivity index (χ2v) is 7.05. The van der Waals surface area contributed by atoms with E-state index < -0.39 is 0 Å². The molecule has 0 atom stereocenters. The smallest absolute Gasteiger partial charge is 0.250 e. The third kappa shape index (κ3) is 4.46. The molecule has 3 nitrogen and oxygen atoms in total. The molecule has 3 aromatic carbocycles. The maximum Gasteiger partial charge on any atom is 0.250 e. The van der Waals surface area contributed by atoms with E-state index in [1.807, 2.05) is 66.9 Å². The summed E-state index contributed by atoms with van der Waals surface area (Å²) in [7, 11) is 1.68. The van der Waals surface area contributed by atoms with Gasteiger partial charge >= 0.3 is 0 Å². The predicted molar refractivity (Wildman–Crippen MR) is 117 cm³/mol. The maximum atomic E-state index is 12.4. The van der Waals surface area contributed by atoms with E-state index in [2.05, 4.69) is 24.3 Å². The highest BCUT2D eigenvalue weighted by Gasteiger charge is 2.09. The number of rotatable bonds is 6. The van der Waals surface area contributed by atoms with Gasteiger partial charge in [-0.15, -0.1) is 0 Å². The Bertz CT molecular complexity index is 1150. The molecule has 0 aliphatic heterocycles. The van der Waals surface area contributed by atoms with Crippen molar-refractivity contribution in [2.45, 2.75) is 13.0 Å². The van der Waals surface area contributed by atoms with E-state index in [1.54, 1.807) is 17.7 Å². The lowest BCUT2D eigenvalue weighted by molar-refractivity contribution is 0.414. The average molecular weight is 381 g/mol. The second kappa shape index (κ2) is 8.61. The van der Waals surface area contributed by atoms with Crippen molar-refractivity contribution in [2.75, 3.05) is 7.11 Å². The highest BCUT2D eigenvalue weighted by molar-refractivity contribution is 5.69. The standard InChI is InChI=1S/C26H23NO2/c1-29-24-13-14-25(22-10-6-3-7-11-22)23(17-24)16-21-12-15-26(28)27(19-21)18-20-8-4-2-5-9-20/h2-15,17,19H,16,18H2,1H3. The minimum Gasteiger partial charge on any atom is -0.497 e. The molecular weight excluding hydrogens is 358 g/mol. The first-order valence-electron chi connectivity index (χ1n) is 9.68. The van der Waals surface area contributed by atoms with E-state index in [0.717, 1.165) is 23.3 Å². The topological polar surface area (TPSA) is 31.2 Å². The third-order valence-electron chi connectivity index (χ3n) is 5.03. The second-order valence-electron chi connectivity index (χ2n) is 7.05. The summed E-state index contributed by atoms with van der Waals surface area (Å²) in [5.74, 6) is 0.831. The highest BCUT2D eigenvalue weighted by atomic mass is 16.5. The summed E-state index contributed by atoms with van der Waals surface area (Å²) in [4.78, 5) is 12.4. The number of hydrogen-bond donors (Lipinski definition) is 0. The van der Waals surface area contributed by atoms with Crippen LogP contribution in [-0.4, -0.2) is 11.7 Å². The molecule has 3 heteroatoms. The number of aromatic nitrogens is 1. The van der Waals surface area contributed by atoms with Crippen LogP contribution in [0.3, 0.4) is 0 Å². The van der Waals surface area contributed by atoms with Crippen LogP contribution < -0.4 is 10.3 Å². The normalized spacial score (nSPS) is 10.7. The van der Waals surface area contributed by atoms with Gasteiger partial charge in [-0.1, -0.05) is 72.8 Å². The zero-order valence-corrected chi connectivity index (χ0v) is 16.4. The molecule has 4 rings (SSSR count). The Balaban J connectivity index is 1.69. The molecule has 0 aliphatic carbocycles. The number of benzene rings is 3. The van der Waals surface area contributed by atoms with Crippen molar-refractivity contribution in [3.63, 3.8) is 0 Å². The fourth-order valence-corrected chi connectivity index (χ4v) is 3.55. The molecule has 0 aliphatic rings. The Morgan fingerprint density at radius 1 is 0.793 bits per heavy atom. The SMILES string of the molecule is COc1ccc(-c2ccccc2)c(Cc2ccc(=O)n(Cc3ccccc3)c2)c1. The van der Waals surface area contributed by atoms with Gasteiger partial charge in [0.25, 0.3) is 5.56 Å². The van der Waals surface area contributed by atoms with Gasteiger partial charge < -0.3 is 9.30 Å². The predicted octanol–water partition coefficient (Wildman–Crippen LogP) is 5.16. The summed E-state index contributed by atoms with van der Waals surface area (Å²) in [6, 6.07) is 30.1. The Kier molecular flexibility index (Phi) is 5.57. The van der Waals surface area contributed by atoms with Gasteiger partial charge in [-0.3, -0.25) is 4.79 Å². The molecule has 0 radical (unpaired) electrons. The van der Waals surface area contributed by atoms with E-state index in [-0.39, 0.29) is 5.56 Å². The zero-order valence-electron chi connectivity index (χ0n) is 16.4. The van der Waals surface area contributed by atoms with Crippen LogP contribution in [0.15, 0.2) is 102 Å². The molecule has 0 spiro atoms. The van der Waals surface area contributed by atoms with Crippen LogP contribution in [0.5, 0.6) is 5.75 Å². The molecule has 1 heterocycles. The van der Waals surface area contributed by atoms with E-state index in [4.69, 9.17) is 4.74 Å². The lowest BCUT2D eigenvalue weighted by Gasteiger charge is -2.13. The summed E-state index contributed by atoms with van der Waals surface area (Å²) < 4.78 is 7.22. The van der Waals surface area contributed by atoms with Crippen LogP contribution in [0.1, 0.15) is 16.7 Å². The van der Waals surface area contributed by atoms with Gasteiger partial charge in [0.15, 0.2) is 0 Å². The van der Waals surface area contributed by atoms with Gasteiger partial charge in [-0.2, -0.15) is 0 Å². The van der Waals surface area contributed by atoms with Crippen molar-refractivity contribution in [1.29, 1.82) is 0 Å². The summed E-state index contributed by atoms with van der Waals surface area (Å²) in [5.41, 5.74) is 5.71. The summed E-state index contributed by atoms with van der Waals surface area (Å²) in [6.45, 7) is 0.567. The van der Waals surface area contributed by atoms with E-state index in [0.29, 0.717) is 6.54 Å². The van der Waals surface area contributed by atoms with Crippen molar-refractivity contribution < 1.29 is 4.74 Å². The average Bonchev–Trinajstić information content (AvgIpc) is 2.77. The van der Waals surface area contributed by atoms with Crippen LogP contribution in [-0.2, 0) is 13.0 Å². The Hall–Kier alpha value is -3.59. The third-order valence-corrected chi connectivity index (χ3v) is 5.03. The van der Waals surface area contributed by atoms with E-state index in [1.165, 1.54) is 16.7 Å². The number of pyridine rings is 1. The van der Waals surface area contributed by atoms with Gasteiger partial charge in [0.1, 0.15) is 5.75 Å². The van der Waals surface area contributed by atoms with Crippen molar-refractivity contribution >= 4 is 0 Å². The van der Waals surface area contributed by atoms with Gasteiger partial charge in [-0.05, 0) is 46.4 Å². The molecule has 0 saturated heterocycles. The van der Waals surface area contributed by atoms with E-state index >= 15 is 0 Å². The summed E-state index contributed by atoms with van der Waals surface area (Å²) in [5, 5.41) is 0. The molecule has 0 fully saturated rings. The molecule has 0 amide bonds. The zero-order chi connectivity index (χ0) is 20.1. The molecule has 1 aromatic heterocycles. The van der Waals surface area contributed by atoms with Gasteiger partial charge in [0.05, 0.1) is 13.7 Å². The molecule has 0 N–H and O–H groups in total. The van der Waals surface area contributed by atoms with Gasteiger partial charge in [-0.25, -0.2) is 0 Å². The molecule has 4 aromatic rings. The molecule has 144 valence electrons. The van der Waals surface area contributed by atoms with Crippen LogP contribution in [0, 0.1) is 0 Å². The number of hydrogen-bond acceptors (Lipinski definition) is 2. The Labute approximate surface area is 170 Å². The first-order chi connectivity index (χ1) is 14.2. The molecule has 0 saturated carbocycles. The maximum absolute atomic E-state index is 12.4. The number of methoxy groups -OCH3 is 1. The minimum atomic E-state index is 0.00604. The molecule has 0 bridgehead atoms. The first-order valence-corrected chi connectivity index (χ1v) is 9.68. The van der Waals surface area contributed by atoms with Crippen LogP contribution in [0.4, 0.5) is 0 Å². The van der Waals surface area contributed by atoms with Crippen LogP contribution in [0.25, 0.3) is 11.1 Å². The fraction of sp³-hybridized carbons (Fsp3) is 0.115. The monoisotopic (exact) mass is 381 g/mol. The van der Waals surface area contributed by atoms with E-state index in [9.17, 15) is 4.79 Å². The van der Waals surface area contributed by atoms with Crippen molar-refractivity contribution in [3.05, 3.63) is 124 Å². The highest BCUT2D eigenvalue weighted by Crippen LogP contribution is 2.29.